The largest absolute Gasteiger partial charge is 0.333 e. The first kappa shape index (κ1) is 22.0. The summed E-state index contributed by atoms with van der Waals surface area (Å²) in [7, 11) is 0. The molecule has 30 heavy (non-hydrogen) atoms. The smallest absolute Gasteiger partial charge is 0.238 e. The molecule has 0 atom stereocenters. The molecular formula is C22H32N6O2. The van der Waals surface area contributed by atoms with Gasteiger partial charge >= 0.3 is 0 Å². The second-order valence-corrected chi connectivity index (χ2v) is 8.06. The molecule has 2 amide bonds. The number of imidazole rings is 1. The Hall–Kier alpha value is -2.71. The first-order valence-electron chi connectivity index (χ1n) is 10.5. The van der Waals surface area contributed by atoms with Gasteiger partial charge in [-0.2, -0.15) is 0 Å². The van der Waals surface area contributed by atoms with E-state index in [0.717, 1.165) is 50.8 Å². The Morgan fingerprint density at radius 3 is 2.17 bits per heavy atom. The minimum atomic E-state index is -0.115. The Morgan fingerprint density at radius 1 is 0.967 bits per heavy atom. The van der Waals surface area contributed by atoms with E-state index >= 15 is 0 Å². The number of benzene rings is 1. The average Bonchev–Trinajstić information content (AvgIpc) is 3.17. The van der Waals surface area contributed by atoms with Crippen molar-refractivity contribution in [2.24, 2.45) is 0 Å². The maximum Gasteiger partial charge on any atom is 0.238 e. The zero-order chi connectivity index (χ0) is 21.5. The van der Waals surface area contributed by atoms with Crippen molar-refractivity contribution in [3.63, 3.8) is 0 Å². The van der Waals surface area contributed by atoms with Crippen LogP contribution in [0.2, 0.25) is 0 Å². The van der Waals surface area contributed by atoms with Gasteiger partial charge in [0.2, 0.25) is 11.8 Å². The van der Waals surface area contributed by atoms with Crippen molar-refractivity contribution in [1.82, 2.24) is 19.4 Å². The van der Waals surface area contributed by atoms with Crippen molar-refractivity contribution >= 4 is 23.2 Å². The lowest BCUT2D eigenvalue weighted by Crippen LogP contribution is -2.49. The lowest BCUT2D eigenvalue weighted by Gasteiger charge is -2.34. The molecule has 3 rings (SSSR count). The summed E-state index contributed by atoms with van der Waals surface area (Å²) in [4.78, 5) is 32.5. The lowest BCUT2D eigenvalue weighted by molar-refractivity contribution is -0.117. The number of piperazine rings is 1. The van der Waals surface area contributed by atoms with Crippen LogP contribution < -0.4 is 10.6 Å². The summed E-state index contributed by atoms with van der Waals surface area (Å²) in [5, 5.41) is 5.64. The monoisotopic (exact) mass is 412 g/mol. The molecule has 0 unspecified atom stereocenters. The number of rotatable bonds is 8. The molecule has 2 aromatic rings. The Morgan fingerprint density at radius 2 is 1.57 bits per heavy atom. The van der Waals surface area contributed by atoms with Gasteiger partial charge in [0, 0.05) is 75.9 Å². The second kappa shape index (κ2) is 10.4. The normalized spacial score (nSPS) is 15.3. The third-order valence-electron chi connectivity index (χ3n) is 5.24. The van der Waals surface area contributed by atoms with E-state index in [9.17, 15) is 9.59 Å². The molecule has 0 saturated carbocycles. The third kappa shape index (κ3) is 6.40. The van der Waals surface area contributed by atoms with Gasteiger partial charge in [-0.25, -0.2) is 4.98 Å². The molecule has 1 aromatic heterocycles. The fourth-order valence-corrected chi connectivity index (χ4v) is 3.67. The molecule has 8 heteroatoms. The van der Waals surface area contributed by atoms with Crippen LogP contribution in [0.1, 0.15) is 32.5 Å². The molecule has 0 radical (unpaired) electrons. The SMILES string of the molecule is CC(=O)Nc1ccc(NC(=O)CN2CCN(CCn3ccnc3C(C)C)CC2)cc1. The number of carbonyl (C=O) groups excluding carboxylic acids is 2. The zero-order valence-electron chi connectivity index (χ0n) is 18.1. The van der Waals surface area contributed by atoms with Gasteiger partial charge in [0.05, 0.1) is 6.54 Å². The molecule has 1 saturated heterocycles. The molecule has 2 N–H and O–H groups in total. The zero-order valence-corrected chi connectivity index (χ0v) is 18.1. The minimum Gasteiger partial charge on any atom is -0.333 e. The van der Waals surface area contributed by atoms with E-state index in [1.807, 2.05) is 6.20 Å². The van der Waals surface area contributed by atoms with Crippen LogP contribution in [0.15, 0.2) is 36.7 Å². The van der Waals surface area contributed by atoms with Gasteiger partial charge in [-0.1, -0.05) is 13.8 Å². The molecule has 1 aromatic carbocycles. The van der Waals surface area contributed by atoms with Crippen LogP contribution in [0.25, 0.3) is 0 Å². The fourth-order valence-electron chi connectivity index (χ4n) is 3.67. The molecule has 1 aliphatic rings. The predicted molar refractivity (Wildman–Crippen MR) is 119 cm³/mol. The van der Waals surface area contributed by atoms with E-state index in [1.165, 1.54) is 6.92 Å². The van der Waals surface area contributed by atoms with E-state index < -0.39 is 0 Å². The molecule has 0 spiro atoms. The highest BCUT2D eigenvalue weighted by Gasteiger charge is 2.19. The molecule has 0 aliphatic carbocycles. The van der Waals surface area contributed by atoms with Crippen molar-refractivity contribution < 1.29 is 9.59 Å². The average molecular weight is 413 g/mol. The minimum absolute atomic E-state index is 0.0179. The van der Waals surface area contributed by atoms with Gasteiger partial charge in [-0.3, -0.25) is 19.4 Å². The Labute approximate surface area is 178 Å². The lowest BCUT2D eigenvalue weighted by atomic mass is 10.2. The molecule has 8 nitrogen and oxygen atoms in total. The Kier molecular flexibility index (Phi) is 7.59. The van der Waals surface area contributed by atoms with Crippen molar-refractivity contribution in [2.75, 3.05) is 49.9 Å². The highest BCUT2D eigenvalue weighted by Crippen LogP contribution is 2.14. The van der Waals surface area contributed by atoms with Gasteiger partial charge < -0.3 is 15.2 Å². The van der Waals surface area contributed by atoms with Crippen molar-refractivity contribution in [3.05, 3.63) is 42.5 Å². The number of carbonyl (C=O) groups is 2. The fraction of sp³-hybridized carbons (Fsp3) is 0.500. The first-order chi connectivity index (χ1) is 14.4. The molecule has 0 bridgehead atoms. The van der Waals surface area contributed by atoms with Crippen LogP contribution in [0.4, 0.5) is 11.4 Å². The second-order valence-electron chi connectivity index (χ2n) is 8.06. The number of nitrogens with one attached hydrogen (secondary N) is 2. The highest BCUT2D eigenvalue weighted by molar-refractivity contribution is 5.93. The molecule has 1 aliphatic heterocycles. The summed E-state index contributed by atoms with van der Waals surface area (Å²) < 4.78 is 2.24. The van der Waals surface area contributed by atoms with Gasteiger partial charge in [0.25, 0.3) is 0 Å². The van der Waals surface area contributed by atoms with Crippen molar-refractivity contribution in [3.8, 4) is 0 Å². The summed E-state index contributed by atoms with van der Waals surface area (Å²) in [6.45, 7) is 11.8. The number of aromatic nitrogens is 2. The summed E-state index contributed by atoms with van der Waals surface area (Å²) in [6, 6.07) is 7.15. The van der Waals surface area contributed by atoms with E-state index in [0.29, 0.717) is 18.2 Å². The number of hydrogen-bond donors (Lipinski definition) is 2. The van der Waals surface area contributed by atoms with Crippen LogP contribution in [0.5, 0.6) is 0 Å². The Bertz CT molecular complexity index is 838. The third-order valence-corrected chi connectivity index (χ3v) is 5.24. The van der Waals surface area contributed by atoms with E-state index in [4.69, 9.17) is 0 Å². The molecule has 1 fully saturated rings. The number of amides is 2. The van der Waals surface area contributed by atoms with Gasteiger partial charge in [0.1, 0.15) is 5.82 Å². The maximum atomic E-state index is 12.4. The summed E-state index contributed by atoms with van der Waals surface area (Å²) >= 11 is 0. The predicted octanol–water partition coefficient (Wildman–Crippen LogP) is 2.22. The number of nitrogens with zero attached hydrogens (tertiary/aromatic N) is 4. The number of anilines is 2. The van der Waals surface area contributed by atoms with E-state index in [2.05, 4.69) is 50.0 Å². The summed E-state index contributed by atoms with van der Waals surface area (Å²) in [5.74, 6) is 1.43. The van der Waals surface area contributed by atoms with Crippen LogP contribution in [-0.2, 0) is 16.1 Å². The van der Waals surface area contributed by atoms with Gasteiger partial charge in [-0.15, -0.1) is 0 Å². The summed E-state index contributed by atoms with van der Waals surface area (Å²) in [5.41, 5.74) is 1.45. The topological polar surface area (TPSA) is 82.5 Å². The molecule has 2 heterocycles. The molecule has 162 valence electrons. The first-order valence-corrected chi connectivity index (χ1v) is 10.5. The van der Waals surface area contributed by atoms with Crippen molar-refractivity contribution in [2.45, 2.75) is 33.2 Å². The summed E-state index contributed by atoms with van der Waals surface area (Å²) in [6.07, 6.45) is 3.93. The van der Waals surface area contributed by atoms with Crippen LogP contribution in [0, 0.1) is 0 Å². The van der Waals surface area contributed by atoms with Crippen LogP contribution in [0.3, 0.4) is 0 Å². The quantitative estimate of drug-likeness (QED) is 0.695. The highest BCUT2D eigenvalue weighted by atomic mass is 16.2. The van der Waals surface area contributed by atoms with Crippen LogP contribution in [-0.4, -0.2) is 70.4 Å². The molecular weight excluding hydrogens is 380 g/mol. The van der Waals surface area contributed by atoms with E-state index in [-0.39, 0.29) is 11.8 Å². The standard InChI is InChI=1S/C22H32N6O2/c1-17(2)22-23-8-9-28(22)15-14-26-10-12-27(13-11-26)16-21(30)25-20-6-4-19(5-7-20)24-18(3)29/h4-9,17H,10-16H2,1-3H3,(H,24,29)(H,25,30). The van der Waals surface area contributed by atoms with Gasteiger partial charge in [-0.05, 0) is 24.3 Å². The van der Waals surface area contributed by atoms with Crippen LogP contribution >= 0.6 is 0 Å². The maximum absolute atomic E-state index is 12.4. The van der Waals surface area contributed by atoms with Crippen molar-refractivity contribution in [1.29, 1.82) is 0 Å². The van der Waals surface area contributed by atoms with E-state index in [1.54, 1.807) is 24.3 Å². The van der Waals surface area contributed by atoms with Gasteiger partial charge in [0.15, 0.2) is 0 Å². The number of hydrogen-bond acceptors (Lipinski definition) is 5. The Balaban J connectivity index is 1.38.